The largest absolute Gasteiger partial charge is 0.266 e. The van der Waals surface area contributed by atoms with Gasteiger partial charge in [0, 0.05) is 23.1 Å². The van der Waals surface area contributed by atoms with Crippen molar-refractivity contribution in [3.8, 4) is 0 Å². The molecule has 0 amide bonds. The second kappa shape index (κ2) is 2.93. The van der Waals surface area contributed by atoms with Gasteiger partial charge in [-0.05, 0) is 12.5 Å². The van der Waals surface area contributed by atoms with E-state index in [4.69, 9.17) is 10.7 Å². The van der Waals surface area contributed by atoms with Crippen LogP contribution in [0, 0.1) is 6.92 Å². The normalized spacial score (nSPS) is 12.1. The smallest absolute Gasteiger partial charge is 0.236 e. The third-order valence-corrected chi connectivity index (χ3v) is 3.03. The minimum absolute atomic E-state index is 0.0702. The van der Waals surface area contributed by atoms with Gasteiger partial charge in [-0.3, -0.25) is 0 Å². The van der Waals surface area contributed by atoms with Crippen LogP contribution in [-0.2, 0) is 9.05 Å². The lowest BCUT2D eigenvalue weighted by Gasteiger charge is -1.95. The van der Waals surface area contributed by atoms with Crippen LogP contribution in [0.25, 0.3) is 5.65 Å². The predicted molar refractivity (Wildman–Crippen MR) is 50.8 cm³/mol. The van der Waals surface area contributed by atoms with Crippen molar-refractivity contribution >= 4 is 25.4 Å². The number of aryl methyl sites for hydroxylation is 1. The molecular weight excluding hydrogens is 226 g/mol. The zero-order valence-electron chi connectivity index (χ0n) is 7.18. The van der Waals surface area contributed by atoms with Crippen LogP contribution in [0.1, 0.15) is 5.56 Å². The van der Waals surface area contributed by atoms with Gasteiger partial charge in [0.1, 0.15) is 4.90 Å². The quantitative estimate of drug-likeness (QED) is 0.686. The van der Waals surface area contributed by atoms with E-state index in [1.54, 1.807) is 12.4 Å². The minimum Gasteiger partial charge on any atom is -0.236 e. The van der Waals surface area contributed by atoms with E-state index in [9.17, 15) is 8.42 Å². The SMILES string of the molecule is Cc1cnc2c(S(=O)(=O)Cl)cnn2c1. The van der Waals surface area contributed by atoms with Crippen LogP contribution in [0.2, 0.25) is 0 Å². The topological polar surface area (TPSA) is 64.3 Å². The Kier molecular flexibility index (Phi) is 1.97. The Labute approximate surface area is 84.8 Å². The summed E-state index contributed by atoms with van der Waals surface area (Å²) in [5.41, 5.74) is 1.13. The summed E-state index contributed by atoms with van der Waals surface area (Å²) in [6.45, 7) is 1.84. The van der Waals surface area contributed by atoms with Crippen molar-refractivity contribution in [2.75, 3.05) is 0 Å². The third-order valence-electron chi connectivity index (χ3n) is 1.72. The highest BCUT2D eigenvalue weighted by Crippen LogP contribution is 2.18. The monoisotopic (exact) mass is 231 g/mol. The molecule has 0 spiro atoms. The standard InChI is InChI=1S/C7H6ClN3O2S/c1-5-2-9-7-6(14(8,12)13)3-10-11(7)4-5/h2-4H,1H3. The van der Waals surface area contributed by atoms with Gasteiger partial charge in [-0.15, -0.1) is 0 Å². The first-order valence-corrected chi connectivity index (χ1v) is 6.04. The summed E-state index contributed by atoms with van der Waals surface area (Å²) in [6.07, 6.45) is 4.42. The lowest BCUT2D eigenvalue weighted by Crippen LogP contribution is -1.94. The summed E-state index contributed by atoms with van der Waals surface area (Å²) in [4.78, 5) is 3.87. The number of aromatic nitrogens is 3. The zero-order chi connectivity index (χ0) is 10.3. The highest BCUT2D eigenvalue weighted by molar-refractivity contribution is 8.13. The van der Waals surface area contributed by atoms with Crippen molar-refractivity contribution in [2.45, 2.75) is 11.8 Å². The Morgan fingerprint density at radius 3 is 2.79 bits per heavy atom. The van der Waals surface area contributed by atoms with Crippen molar-refractivity contribution in [1.82, 2.24) is 14.6 Å². The van der Waals surface area contributed by atoms with Crippen molar-refractivity contribution in [3.05, 3.63) is 24.2 Å². The van der Waals surface area contributed by atoms with Crippen molar-refractivity contribution < 1.29 is 8.42 Å². The van der Waals surface area contributed by atoms with E-state index in [0.717, 1.165) is 5.56 Å². The van der Waals surface area contributed by atoms with Gasteiger partial charge in [-0.1, -0.05) is 0 Å². The van der Waals surface area contributed by atoms with Crippen LogP contribution in [0.3, 0.4) is 0 Å². The van der Waals surface area contributed by atoms with Gasteiger partial charge in [-0.25, -0.2) is 17.9 Å². The molecule has 2 aromatic heterocycles. The van der Waals surface area contributed by atoms with Gasteiger partial charge in [-0.2, -0.15) is 5.10 Å². The molecule has 0 aliphatic heterocycles. The fraction of sp³-hybridized carbons (Fsp3) is 0.143. The molecule has 74 valence electrons. The van der Waals surface area contributed by atoms with Gasteiger partial charge in [0.15, 0.2) is 5.65 Å². The summed E-state index contributed by atoms with van der Waals surface area (Å²) in [5, 5.41) is 3.84. The minimum atomic E-state index is -3.77. The predicted octanol–water partition coefficient (Wildman–Crippen LogP) is 0.965. The van der Waals surface area contributed by atoms with Crippen LogP contribution in [-0.4, -0.2) is 23.0 Å². The Morgan fingerprint density at radius 1 is 1.43 bits per heavy atom. The molecular formula is C7H6ClN3O2S. The summed E-state index contributed by atoms with van der Waals surface area (Å²) in [5.74, 6) is 0. The number of rotatable bonds is 1. The zero-order valence-corrected chi connectivity index (χ0v) is 8.75. The number of hydrogen-bond donors (Lipinski definition) is 0. The average molecular weight is 232 g/mol. The van der Waals surface area contributed by atoms with E-state index in [2.05, 4.69) is 10.1 Å². The number of hydrogen-bond acceptors (Lipinski definition) is 4. The van der Waals surface area contributed by atoms with Crippen LogP contribution in [0.15, 0.2) is 23.5 Å². The molecule has 0 radical (unpaired) electrons. The lowest BCUT2D eigenvalue weighted by molar-refractivity contribution is 0.610. The molecule has 0 aliphatic carbocycles. The van der Waals surface area contributed by atoms with E-state index in [-0.39, 0.29) is 10.5 Å². The molecule has 7 heteroatoms. The highest BCUT2D eigenvalue weighted by Gasteiger charge is 2.17. The Bertz CT molecular complexity index is 590. The summed E-state index contributed by atoms with van der Waals surface area (Å²) < 4.78 is 23.5. The van der Waals surface area contributed by atoms with Gasteiger partial charge in [0.2, 0.25) is 0 Å². The fourth-order valence-electron chi connectivity index (χ4n) is 1.12. The first kappa shape index (κ1) is 9.42. The maximum Gasteiger partial charge on any atom is 0.266 e. The number of halogens is 1. The Morgan fingerprint density at radius 2 is 2.14 bits per heavy atom. The van der Waals surface area contributed by atoms with Crippen molar-refractivity contribution in [2.24, 2.45) is 0 Å². The molecule has 0 fully saturated rings. The molecule has 0 atom stereocenters. The summed E-state index contributed by atoms with van der Waals surface area (Å²) >= 11 is 0. The fourth-order valence-corrected chi connectivity index (χ4v) is 1.98. The maximum absolute atomic E-state index is 11.1. The van der Waals surface area contributed by atoms with Gasteiger partial charge < -0.3 is 0 Å². The van der Waals surface area contributed by atoms with E-state index >= 15 is 0 Å². The van der Waals surface area contributed by atoms with E-state index in [1.165, 1.54) is 10.7 Å². The highest BCUT2D eigenvalue weighted by atomic mass is 35.7. The van der Waals surface area contributed by atoms with Gasteiger partial charge in [0.05, 0.1) is 6.20 Å². The van der Waals surface area contributed by atoms with E-state index in [1.807, 2.05) is 6.92 Å². The second-order valence-corrected chi connectivity index (χ2v) is 5.38. The Hall–Kier alpha value is -1.14. The molecule has 14 heavy (non-hydrogen) atoms. The molecule has 5 nitrogen and oxygen atoms in total. The van der Waals surface area contributed by atoms with Gasteiger partial charge >= 0.3 is 0 Å². The van der Waals surface area contributed by atoms with Crippen molar-refractivity contribution in [3.63, 3.8) is 0 Å². The van der Waals surface area contributed by atoms with Crippen molar-refractivity contribution in [1.29, 1.82) is 0 Å². The molecule has 0 bridgehead atoms. The van der Waals surface area contributed by atoms with E-state index in [0.29, 0.717) is 0 Å². The second-order valence-electron chi connectivity index (χ2n) is 2.85. The van der Waals surface area contributed by atoms with E-state index < -0.39 is 9.05 Å². The van der Waals surface area contributed by atoms with Crippen LogP contribution < -0.4 is 0 Å². The Balaban J connectivity index is 2.83. The molecule has 2 aromatic rings. The van der Waals surface area contributed by atoms with Crippen LogP contribution >= 0.6 is 10.7 Å². The van der Waals surface area contributed by atoms with Crippen LogP contribution in [0.5, 0.6) is 0 Å². The van der Waals surface area contributed by atoms with Gasteiger partial charge in [0.25, 0.3) is 9.05 Å². The molecule has 0 aromatic carbocycles. The van der Waals surface area contributed by atoms with Crippen LogP contribution in [0.4, 0.5) is 0 Å². The molecule has 2 heterocycles. The molecule has 2 rings (SSSR count). The first-order chi connectivity index (χ1) is 6.48. The molecule has 0 saturated heterocycles. The third kappa shape index (κ3) is 1.46. The molecule has 0 saturated carbocycles. The summed E-state index contributed by atoms with van der Waals surface area (Å²) in [7, 11) is 1.43. The number of nitrogens with zero attached hydrogens (tertiary/aromatic N) is 3. The lowest BCUT2D eigenvalue weighted by atomic mass is 10.4. The molecule has 0 unspecified atom stereocenters. The molecule has 0 aliphatic rings. The number of fused-ring (bicyclic) bond motifs is 1. The average Bonchev–Trinajstić information content (AvgIpc) is 2.45. The first-order valence-electron chi connectivity index (χ1n) is 3.73. The molecule has 0 N–H and O–H groups in total. The maximum atomic E-state index is 11.1. The summed E-state index contributed by atoms with van der Waals surface area (Å²) in [6, 6.07) is 0.